The highest BCUT2D eigenvalue weighted by atomic mass is 35.5. The number of anilines is 1. The molecule has 0 aliphatic carbocycles. The number of methoxy groups -OCH3 is 1. The number of nitrogens with zero attached hydrogens (tertiary/aromatic N) is 2. The lowest BCUT2D eigenvalue weighted by molar-refractivity contribution is 0.0600. The summed E-state index contributed by atoms with van der Waals surface area (Å²) < 4.78 is 5.87. The fourth-order valence-corrected chi connectivity index (χ4v) is 3.71. The van der Waals surface area contributed by atoms with E-state index in [1.54, 1.807) is 35.6 Å². The van der Waals surface area contributed by atoms with E-state index in [-0.39, 0.29) is 16.6 Å². The van der Waals surface area contributed by atoms with Crippen LogP contribution in [0, 0.1) is 0 Å². The Balaban J connectivity index is 1.90. The number of benzene rings is 1. The summed E-state index contributed by atoms with van der Waals surface area (Å²) in [7, 11) is 1.28. The monoisotopic (exact) mass is 403 g/mol. The van der Waals surface area contributed by atoms with Gasteiger partial charge in [-0.25, -0.2) is 4.79 Å². The van der Waals surface area contributed by atoms with Crippen LogP contribution in [0.3, 0.4) is 0 Å². The van der Waals surface area contributed by atoms with E-state index in [1.165, 1.54) is 18.2 Å². The van der Waals surface area contributed by atoms with Gasteiger partial charge in [-0.3, -0.25) is 4.79 Å². The van der Waals surface area contributed by atoms with Gasteiger partial charge >= 0.3 is 5.97 Å². The third-order valence-electron chi connectivity index (χ3n) is 3.95. The molecule has 3 aromatic rings. The van der Waals surface area contributed by atoms with Gasteiger partial charge < -0.3 is 10.1 Å². The maximum Gasteiger partial charge on any atom is 0.340 e. The largest absolute Gasteiger partial charge is 0.465 e. The molecule has 0 aliphatic heterocycles. The lowest BCUT2D eigenvalue weighted by Gasteiger charge is -2.16. The number of esters is 1. The first-order chi connectivity index (χ1) is 13.0. The molecule has 0 amide bonds. The predicted molar refractivity (Wildman–Crippen MR) is 107 cm³/mol. The number of nitrogens with one attached hydrogen (secondary N) is 1. The van der Waals surface area contributed by atoms with Crippen LogP contribution in [0.15, 0.2) is 52.8 Å². The highest BCUT2D eigenvalue weighted by molar-refractivity contribution is 7.09. The molecule has 2 heterocycles. The molecular weight excluding hydrogens is 386 g/mol. The summed E-state index contributed by atoms with van der Waals surface area (Å²) in [6.07, 6.45) is 2.30. The lowest BCUT2D eigenvalue weighted by atomic mass is 10.2. The zero-order valence-electron chi connectivity index (χ0n) is 14.8. The van der Waals surface area contributed by atoms with Crippen LogP contribution in [0.2, 0.25) is 5.02 Å². The normalized spacial score (nSPS) is 11.8. The van der Waals surface area contributed by atoms with Gasteiger partial charge in [-0.1, -0.05) is 29.8 Å². The summed E-state index contributed by atoms with van der Waals surface area (Å²) in [6, 6.07) is 10.7. The first-order valence-electron chi connectivity index (χ1n) is 8.25. The van der Waals surface area contributed by atoms with Crippen molar-refractivity contribution in [1.82, 2.24) is 9.78 Å². The molecule has 2 aromatic heterocycles. The van der Waals surface area contributed by atoms with Crippen molar-refractivity contribution in [2.45, 2.75) is 19.4 Å². The van der Waals surface area contributed by atoms with Gasteiger partial charge in [0, 0.05) is 17.3 Å². The number of carbonyl (C=O) groups excluding carboxylic acids is 1. The van der Waals surface area contributed by atoms with Gasteiger partial charge in [-0.2, -0.15) is 9.78 Å². The third kappa shape index (κ3) is 4.20. The van der Waals surface area contributed by atoms with Crippen LogP contribution in [0.1, 0.15) is 22.2 Å². The van der Waals surface area contributed by atoms with E-state index in [0.717, 1.165) is 11.1 Å². The fraction of sp³-hybridized carbons (Fsp3) is 0.211. The molecule has 0 bridgehead atoms. The van der Waals surface area contributed by atoms with Crippen molar-refractivity contribution < 1.29 is 9.53 Å². The molecular formula is C19H18ClN3O3S. The number of hydrogen-bond acceptors (Lipinski definition) is 6. The van der Waals surface area contributed by atoms with E-state index < -0.39 is 11.5 Å². The molecule has 1 aromatic carbocycles. The Morgan fingerprint density at radius 1 is 1.33 bits per heavy atom. The molecule has 1 unspecified atom stereocenters. The number of ether oxygens (including phenoxy) is 1. The molecule has 0 saturated heterocycles. The van der Waals surface area contributed by atoms with Crippen LogP contribution in [0.4, 0.5) is 5.69 Å². The van der Waals surface area contributed by atoms with Crippen LogP contribution in [0.5, 0.6) is 0 Å². The maximum absolute atomic E-state index is 12.7. The summed E-state index contributed by atoms with van der Waals surface area (Å²) in [4.78, 5) is 25.9. The molecule has 1 N–H and O–H groups in total. The van der Waals surface area contributed by atoms with Crippen molar-refractivity contribution in [3.05, 3.63) is 73.8 Å². The molecule has 0 radical (unpaired) electrons. The number of carbonyl (C=O) groups is 1. The molecule has 6 nitrogen and oxygen atoms in total. The Kier molecular flexibility index (Phi) is 5.93. The van der Waals surface area contributed by atoms with Gasteiger partial charge in [0.05, 0.1) is 30.2 Å². The molecule has 0 spiro atoms. The summed E-state index contributed by atoms with van der Waals surface area (Å²) in [5.41, 5.74) is 0.491. The second-order valence-corrected chi connectivity index (χ2v) is 7.34. The summed E-state index contributed by atoms with van der Waals surface area (Å²) in [6.45, 7) is 2.01. The number of hydrogen-bond donors (Lipinski definition) is 1. The van der Waals surface area contributed by atoms with Crippen molar-refractivity contribution in [2.75, 3.05) is 12.4 Å². The third-order valence-corrected chi connectivity index (χ3v) is 5.21. The molecule has 8 heteroatoms. The van der Waals surface area contributed by atoms with E-state index >= 15 is 0 Å². The second-order valence-electron chi connectivity index (χ2n) is 5.93. The van der Waals surface area contributed by atoms with E-state index in [2.05, 4.69) is 16.5 Å². The Bertz CT molecular complexity index is 1000. The van der Waals surface area contributed by atoms with Crippen LogP contribution in [0.25, 0.3) is 5.69 Å². The van der Waals surface area contributed by atoms with Gasteiger partial charge in [0.1, 0.15) is 5.02 Å². The Morgan fingerprint density at radius 2 is 2.11 bits per heavy atom. The summed E-state index contributed by atoms with van der Waals surface area (Å²) in [5, 5.41) is 9.45. The zero-order chi connectivity index (χ0) is 19.4. The van der Waals surface area contributed by atoms with Gasteiger partial charge in [-0.15, -0.1) is 11.3 Å². The average Bonchev–Trinajstić information content (AvgIpc) is 3.18. The van der Waals surface area contributed by atoms with Crippen molar-refractivity contribution >= 4 is 34.6 Å². The number of aromatic nitrogens is 2. The standard InChI is InChI=1S/C19H18ClN3O3S/c1-12(10-13-6-5-9-27-13)22-15-11-21-23(18(24)17(15)20)16-8-4-3-7-14(16)19(25)26-2/h3-9,11-12,22H,10H2,1-2H3. The van der Waals surface area contributed by atoms with E-state index in [4.69, 9.17) is 16.3 Å². The van der Waals surface area contributed by atoms with E-state index in [1.807, 2.05) is 18.4 Å². The number of thiophene rings is 1. The SMILES string of the molecule is COC(=O)c1ccccc1-n1ncc(NC(C)Cc2cccs2)c(Cl)c1=O. The Morgan fingerprint density at radius 3 is 2.81 bits per heavy atom. The van der Waals surface area contributed by atoms with Crippen molar-refractivity contribution in [3.63, 3.8) is 0 Å². The minimum absolute atomic E-state index is 0.0164. The van der Waals surface area contributed by atoms with E-state index in [9.17, 15) is 9.59 Å². The molecule has 0 aliphatic rings. The van der Waals surface area contributed by atoms with Crippen LogP contribution < -0.4 is 10.9 Å². The Labute approximate surface area is 165 Å². The van der Waals surface area contributed by atoms with Crippen LogP contribution >= 0.6 is 22.9 Å². The smallest absolute Gasteiger partial charge is 0.340 e. The summed E-state index contributed by atoms with van der Waals surface area (Å²) >= 11 is 7.97. The van der Waals surface area contributed by atoms with Gasteiger partial charge in [0.25, 0.3) is 5.56 Å². The topological polar surface area (TPSA) is 73.2 Å². The van der Waals surface area contributed by atoms with Gasteiger partial charge in [0.15, 0.2) is 0 Å². The lowest BCUT2D eigenvalue weighted by Crippen LogP contribution is -2.26. The number of para-hydroxylation sites is 1. The predicted octanol–water partition coefficient (Wildman–Crippen LogP) is 3.78. The zero-order valence-corrected chi connectivity index (χ0v) is 16.4. The highest BCUT2D eigenvalue weighted by Gasteiger charge is 2.18. The van der Waals surface area contributed by atoms with Gasteiger partial charge in [0.2, 0.25) is 0 Å². The number of rotatable bonds is 6. The first kappa shape index (κ1) is 19.1. The van der Waals surface area contributed by atoms with Crippen LogP contribution in [-0.2, 0) is 11.2 Å². The summed E-state index contributed by atoms with van der Waals surface area (Å²) in [5.74, 6) is -0.554. The van der Waals surface area contributed by atoms with E-state index in [0.29, 0.717) is 11.4 Å². The minimum Gasteiger partial charge on any atom is -0.465 e. The molecule has 3 rings (SSSR count). The first-order valence-corrected chi connectivity index (χ1v) is 9.51. The Hall–Kier alpha value is -2.64. The van der Waals surface area contributed by atoms with Crippen molar-refractivity contribution in [2.24, 2.45) is 0 Å². The molecule has 0 saturated carbocycles. The van der Waals surface area contributed by atoms with Crippen LogP contribution in [-0.4, -0.2) is 28.9 Å². The maximum atomic E-state index is 12.7. The van der Waals surface area contributed by atoms with Crippen molar-refractivity contribution in [1.29, 1.82) is 0 Å². The molecule has 27 heavy (non-hydrogen) atoms. The highest BCUT2D eigenvalue weighted by Crippen LogP contribution is 2.21. The molecule has 1 atom stereocenters. The minimum atomic E-state index is -0.554. The van der Waals surface area contributed by atoms with Gasteiger partial charge in [-0.05, 0) is 30.5 Å². The fourth-order valence-electron chi connectivity index (χ4n) is 2.69. The average molecular weight is 404 g/mol. The molecule has 140 valence electrons. The second kappa shape index (κ2) is 8.37. The van der Waals surface area contributed by atoms with Crippen molar-refractivity contribution in [3.8, 4) is 5.69 Å². The number of halogens is 1. The molecule has 0 fully saturated rings. The quantitative estimate of drug-likeness (QED) is 0.634.